The molecule has 3 rings (SSSR count). The van der Waals surface area contributed by atoms with Crippen LogP contribution in [0.25, 0.3) is 21.7 Å². The second-order valence-electron chi connectivity index (χ2n) is 6.64. The molecule has 8 nitrogen and oxygen atoms in total. The maximum atomic E-state index is 12.5. The van der Waals surface area contributed by atoms with Crippen molar-refractivity contribution in [2.45, 2.75) is 26.3 Å². The van der Waals surface area contributed by atoms with Crippen LogP contribution in [0.2, 0.25) is 0 Å². The van der Waals surface area contributed by atoms with Crippen LogP contribution in [0.3, 0.4) is 0 Å². The number of fused-ring (bicyclic) bond motifs is 3. The van der Waals surface area contributed by atoms with Gasteiger partial charge in [-0.15, -0.1) is 0 Å². The maximum Gasteiger partial charge on any atom is 0.405 e. The lowest BCUT2D eigenvalue weighted by atomic mass is 10.0. The number of rotatable bonds is 5. The molecule has 2 aromatic heterocycles. The van der Waals surface area contributed by atoms with Gasteiger partial charge >= 0.3 is 11.7 Å². The zero-order chi connectivity index (χ0) is 19.6. The second-order valence-corrected chi connectivity index (χ2v) is 6.64. The van der Waals surface area contributed by atoms with Crippen LogP contribution in [0.15, 0.2) is 45.9 Å². The normalized spacial score (nSPS) is 12.3. The first-order valence-electron chi connectivity index (χ1n) is 8.46. The molecule has 0 radical (unpaired) electrons. The number of pyridine rings is 1. The average Bonchev–Trinajstić information content (AvgIpc) is 2.60. The Bertz CT molecular complexity index is 1070. The molecule has 140 valence electrons. The van der Waals surface area contributed by atoms with Gasteiger partial charge in [0.05, 0.1) is 5.39 Å². The van der Waals surface area contributed by atoms with E-state index in [4.69, 9.17) is 9.52 Å². The summed E-state index contributed by atoms with van der Waals surface area (Å²) < 4.78 is 5.33. The van der Waals surface area contributed by atoms with Gasteiger partial charge in [-0.2, -0.15) is 0 Å². The molecule has 0 aliphatic rings. The first-order valence-corrected chi connectivity index (χ1v) is 8.46. The topological polar surface area (TPSA) is 122 Å². The van der Waals surface area contributed by atoms with Gasteiger partial charge in [-0.3, -0.25) is 9.78 Å². The minimum atomic E-state index is -1.26. The van der Waals surface area contributed by atoms with Gasteiger partial charge in [-0.05, 0) is 30.5 Å². The van der Waals surface area contributed by atoms with Crippen molar-refractivity contribution in [3.05, 3.63) is 47.1 Å². The lowest BCUT2D eigenvalue weighted by molar-refractivity contribution is -0.118. The summed E-state index contributed by atoms with van der Waals surface area (Å²) >= 11 is 0. The average molecular weight is 369 g/mol. The minimum absolute atomic E-state index is 0.127. The van der Waals surface area contributed by atoms with Crippen molar-refractivity contribution in [1.29, 1.82) is 0 Å². The SMILES string of the molecule is CC(C)CC(NC(=O)O)C(=O)Nc1ccc2c(c1)oc(=O)c1cnccc12. The van der Waals surface area contributed by atoms with Gasteiger partial charge in [0, 0.05) is 34.9 Å². The monoisotopic (exact) mass is 369 g/mol. The summed E-state index contributed by atoms with van der Waals surface area (Å²) in [5.74, 6) is -0.347. The van der Waals surface area contributed by atoms with Crippen LogP contribution >= 0.6 is 0 Å². The molecule has 8 heteroatoms. The summed E-state index contributed by atoms with van der Waals surface area (Å²) in [4.78, 5) is 39.4. The van der Waals surface area contributed by atoms with E-state index >= 15 is 0 Å². The fourth-order valence-corrected chi connectivity index (χ4v) is 2.94. The fraction of sp³-hybridized carbons (Fsp3) is 0.263. The molecule has 3 N–H and O–H groups in total. The molecular formula is C19H19N3O5. The van der Waals surface area contributed by atoms with Gasteiger partial charge in [0.1, 0.15) is 11.6 Å². The second kappa shape index (κ2) is 7.45. The van der Waals surface area contributed by atoms with Crippen LogP contribution in [0.1, 0.15) is 20.3 Å². The number of nitrogens with zero attached hydrogens (tertiary/aromatic N) is 1. The molecule has 0 spiro atoms. The predicted octanol–water partition coefficient (Wildman–Crippen LogP) is 2.96. The van der Waals surface area contributed by atoms with E-state index in [2.05, 4.69) is 15.6 Å². The van der Waals surface area contributed by atoms with Crippen molar-refractivity contribution in [3.63, 3.8) is 0 Å². The zero-order valence-corrected chi connectivity index (χ0v) is 14.9. The number of amides is 2. The summed E-state index contributed by atoms with van der Waals surface area (Å²) in [6, 6.07) is 5.79. The molecule has 1 aromatic carbocycles. The standard InChI is InChI=1S/C19H19N3O5/c1-10(2)7-15(22-19(25)26)17(23)21-11-3-4-13-12-5-6-20-9-14(12)18(24)27-16(13)8-11/h3-6,8-10,15,22H,7H2,1-2H3,(H,21,23)(H,25,26). The highest BCUT2D eigenvalue weighted by molar-refractivity contribution is 6.05. The van der Waals surface area contributed by atoms with E-state index in [-0.39, 0.29) is 5.92 Å². The van der Waals surface area contributed by atoms with E-state index in [9.17, 15) is 14.4 Å². The van der Waals surface area contributed by atoms with E-state index in [0.29, 0.717) is 33.8 Å². The van der Waals surface area contributed by atoms with Crippen LogP contribution in [0.5, 0.6) is 0 Å². The van der Waals surface area contributed by atoms with E-state index in [0.717, 1.165) is 0 Å². The Kier molecular flexibility index (Phi) is 5.07. The number of hydrogen-bond acceptors (Lipinski definition) is 5. The van der Waals surface area contributed by atoms with Gasteiger partial charge in [-0.1, -0.05) is 13.8 Å². The van der Waals surface area contributed by atoms with Gasteiger partial charge < -0.3 is 20.2 Å². The van der Waals surface area contributed by atoms with E-state index < -0.39 is 23.7 Å². The summed E-state index contributed by atoms with van der Waals surface area (Å²) in [6.07, 6.45) is 2.13. The van der Waals surface area contributed by atoms with Crippen molar-refractivity contribution in [2.75, 3.05) is 5.32 Å². The Morgan fingerprint density at radius 3 is 2.67 bits per heavy atom. The molecule has 0 bridgehead atoms. The quantitative estimate of drug-likeness (QED) is 0.469. The molecule has 0 saturated heterocycles. The largest absolute Gasteiger partial charge is 0.465 e. The number of anilines is 1. The van der Waals surface area contributed by atoms with Crippen molar-refractivity contribution < 1.29 is 19.1 Å². The molecule has 3 aromatic rings. The van der Waals surface area contributed by atoms with Crippen molar-refractivity contribution >= 4 is 39.4 Å². The first kappa shape index (κ1) is 18.4. The number of aromatic nitrogens is 1. The number of carbonyl (C=O) groups excluding carboxylic acids is 1. The molecule has 0 aliphatic heterocycles. The maximum absolute atomic E-state index is 12.5. The highest BCUT2D eigenvalue weighted by atomic mass is 16.4. The Hall–Kier alpha value is -3.42. The van der Waals surface area contributed by atoms with Crippen LogP contribution < -0.4 is 16.3 Å². The van der Waals surface area contributed by atoms with Gasteiger partial charge in [0.2, 0.25) is 5.91 Å². The Morgan fingerprint density at radius 1 is 1.19 bits per heavy atom. The summed E-state index contributed by atoms with van der Waals surface area (Å²) in [7, 11) is 0. The molecule has 1 atom stereocenters. The van der Waals surface area contributed by atoms with Crippen LogP contribution in [0.4, 0.5) is 10.5 Å². The van der Waals surface area contributed by atoms with Crippen molar-refractivity contribution in [2.24, 2.45) is 5.92 Å². The number of carbonyl (C=O) groups is 2. The molecular weight excluding hydrogens is 350 g/mol. The molecule has 2 heterocycles. The van der Waals surface area contributed by atoms with Crippen molar-refractivity contribution in [1.82, 2.24) is 10.3 Å². The summed E-state index contributed by atoms with van der Waals surface area (Å²) in [6.45, 7) is 3.79. The summed E-state index contributed by atoms with van der Waals surface area (Å²) in [5.41, 5.74) is 0.215. The number of nitrogens with one attached hydrogen (secondary N) is 2. The molecule has 0 saturated carbocycles. The van der Waals surface area contributed by atoms with Crippen molar-refractivity contribution in [3.8, 4) is 0 Å². The van der Waals surface area contributed by atoms with Gasteiger partial charge in [0.25, 0.3) is 0 Å². The lowest BCUT2D eigenvalue weighted by Gasteiger charge is -2.18. The Labute approximate surface area is 154 Å². The third-order valence-corrected chi connectivity index (χ3v) is 4.10. The van der Waals surface area contributed by atoms with Crippen LogP contribution in [0, 0.1) is 5.92 Å². The van der Waals surface area contributed by atoms with E-state index in [1.807, 2.05) is 13.8 Å². The molecule has 0 fully saturated rings. The third kappa shape index (κ3) is 4.05. The third-order valence-electron chi connectivity index (χ3n) is 4.10. The fourth-order valence-electron chi connectivity index (χ4n) is 2.94. The lowest BCUT2D eigenvalue weighted by Crippen LogP contribution is -2.44. The van der Waals surface area contributed by atoms with Gasteiger partial charge in [0.15, 0.2) is 0 Å². The predicted molar refractivity (Wildman–Crippen MR) is 101 cm³/mol. The minimum Gasteiger partial charge on any atom is -0.465 e. The molecule has 0 aliphatic carbocycles. The highest BCUT2D eigenvalue weighted by Gasteiger charge is 2.22. The molecule has 2 amide bonds. The Morgan fingerprint density at radius 2 is 1.96 bits per heavy atom. The number of hydrogen-bond donors (Lipinski definition) is 3. The Balaban J connectivity index is 1.93. The van der Waals surface area contributed by atoms with Gasteiger partial charge in [-0.25, -0.2) is 9.59 Å². The number of carboxylic acid groups (broad SMARTS) is 1. The van der Waals surface area contributed by atoms with Crippen LogP contribution in [-0.4, -0.2) is 28.1 Å². The first-order chi connectivity index (χ1) is 12.8. The smallest absolute Gasteiger partial charge is 0.405 e. The zero-order valence-electron chi connectivity index (χ0n) is 14.9. The van der Waals surface area contributed by atoms with E-state index in [1.165, 1.54) is 6.20 Å². The van der Waals surface area contributed by atoms with Crippen LogP contribution in [-0.2, 0) is 4.79 Å². The summed E-state index contributed by atoms with van der Waals surface area (Å²) in [5, 5.41) is 15.6. The number of benzene rings is 1. The highest BCUT2D eigenvalue weighted by Crippen LogP contribution is 2.25. The molecule has 1 unspecified atom stereocenters. The molecule has 27 heavy (non-hydrogen) atoms. The van der Waals surface area contributed by atoms with E-state index in [1.54, 1.807) is 30.5 Å².